The summed E-state index contributed by atoms with van der Waals surface area (Å²) in [6, 6.07) is 7.60. The molecule has 0 spiro atoms. The molecule has 0 bridgehead atoms. The van der Waals surface area contributed by atoms with Gasteiger partial charge < -0.3 is 15.5 Å². The summed E-state index contributed by atoms with van der Waals surface area (Å²) in [6.45, 7) is 1.18. The maximum atomic E-state index is 12.2. The van der Waals surface area contributed by atoms with Crippen LogP contribution >= 0.6 is 0 Å². The summed E-state index contributed by atoms with van der Waals surface area (Å²) in [7, 11) is 0. The number of likely N-dealkylation sites (tertiary alicyclic amines) is 1. The molecular formula is C20H27N3O3. The van der Waals surface area contributed by atoms with Gasteiger partial charge in [-0.25, -0.2) is 0 Å². The van der Waals surface area contributed by atoms with Crippen molar-refractivity contribution in [3.05, 3.63) is 35.4 Å². The van der Waals surface area contributed by atoms with Gasteiger partial charge in [0, 0.05) is 31.1 Å². The first kappa shape index (κ1) is 18.4. The number of hydrogen-bond acceptors (Lipinski definition) is 3. The average molecular weight is 357 g/mol. The van der Waals surface area contributed by atoms with Crippen LogP contribution < -0.4 is 10.6 Å². The van der Waals surface area contributed by atoms with E-state index >= 15 is 0 Å². The van der Waals surface area contributed by atoms with Crippen LogP contribution in [0.2, 0.25) is 0 Å². The van der Waals surface area contributed by atoms with Gasteiger partial charge in [0.1, 0.15) is 0 Å². The van der Waals surface area contributed by atoms with Gasteiger partial charge in [-0.2, -0.15) is 0 Å². The average Bonchev–Trinajstić information content (AvgIpc) is 3.44. The molecule has 2 aliphatic rings. The van der Waals surface area contributed by atoms with Crippen LogP contribution in [-0.2, 0) is 16.1 Å². The maximum absolute atomic E-state index is 12.2. The normalized spacial score (nSPS) is 18.0. The fraction of sp³-hybridized carbons (Fsp3) is 0.550. The predicted molar refractivity (Wildman–Crippen MR) is 98.4 cm³/mol. The SMILES string of the molecule is O=C(CN1CCCCCCC1=O)NCc1ccc(C(=O)NC2CC2)cc1. The molecule has 0 unspecified atom stereocenters. The number of nitrogens with zero attached hydrogens (tertiary/aromatic N) is 1. The molecule has 2 fully saturated rings. The molecule has 2 N–H and O–H groups in total. The van der Waals surface area contributed by atoms with Crippen molar-refractivity contribution >= 4 is 17.7 Å². The molecule has 1 aliphatic heterocycles. The molecule has 6 nitrogen and oxygen atoms in total. The van der Waals surface area contributed by atoms with E-state index in [1.165, 1.54) is 0 Å². The molecule has 1 saturated carbocycles. The summed E-state index contributed by atoms with van der Waals surface area (Å²) in [4.78, 5) is 37.9. The van der Waals surface area contributed by atoms with Crippen LogP contribution in [0.15, 0.2) is 24.3 Å². The monoisotopic (exact) mass is 357 g/mol. The van der Waals surface area contributed by atoms with Crippen molar-refractivity contribution in [2.45, 2.75) is 57.5 Å². The Morgan fingerprint density at radius 1 is 1.04 bits per heavy atom. The first-order valence-electron chi connectivity index (χ1n) is 9.56. The lowest BCUT2D eigenvalue weighted by Crippen LogP contribution is -2.41. The highest BCUT2D eigenvalue weighted by Gasteiger charge is 2.23. The molecule has 1 saturated heterocycles. The third-order valence-corrected chi connectivity index (χ3v) is 4.87. The first-order chi connectivity index (χ1) is 12.6. The van der Waals surface area contributed by atoms with E-state index in [1.807, 2.05) is 12.1 Å². The number of rotatable bonds is 6. The van der Waals surface area contributed by atoms with E-state index < -0.39 is 0 Å². The quantitative estimate of drug-likeness (QED) is 0.817. The standard InChI is InChI=1S/C20H27N3O3/c24-18(14-23-12-4-2-1-3-5-19(23)25)21-13-15-6-8-16(9-7-15)20(26)22-17-10-11-17/h6-9,17H,1-5,10-14H2,(H,21,24)(H,22,26). The Balaban J connectivity index is 1.44. The van der Waals surface area contributed by atoms with Gasteiger partial charge >= 0.3 is 0 Å². The lowest BCUT2D eigenvalue weighted by Gasteiger charge is -2.24. The molecule has 0 aromatic heterocycles. The van der Waals surface area contributed by atoms with Crippen LogP contribution in [0.3, 0.4) is 0 Å². The highest BCUT2D eigenvalue weighted by Crippen LogP contribution is 2.19. The van der Waals surface area contributed by atoms with Crippen molar-refractivity contribution < 1.29 is 14.4 Å². The van der Waals surface area contributed by atoms with Crippen LogP contribution in [0.4, 0.5) is 0 Å². The molecule has 1 aliphatic carbocycles. The van der Waals surface area contributed by atoms with Gasteiger partial charge in [0.15, 0.2) is 0 Å². The van der Waals surface area contributed by atoms with Crippen LogP contribution in [0.1, 0.15) is 60.9 Å². The third kappa shape index (κ3) is 5.58. The zero-order valence-electron chi connectivity index (χ0n) is 15.1. The number of hydrogen-bond donors (Lipinski definition) is 2. The Bertz CT molecular complexity index is 653. The van der Waals surface area contributed by atoms with Gasteiger partial charge in [-0.15, -0.1) is 0 Å². The third-order valence-electron chi connectivity index (χ3n) is 4.87. The Morgan fingerprint density at radius 3 is 2.50 bits per heavy atom. The van der Waals surface area contributed by atoms with Crippen molar-refractivity contribution in [3.63, 3.8) is 0 Å². The van der Waals surface area contributed by atoms with Crippen molar-refractivity contribution in [1.29, 1.82) is 0 Å². The van der Waals surface area contributed by atoms with E-state index in [4.69, 9.17) is 0 Å². The van der Waals surface area contributed by atoms with E-state index in [0.29, 0.717) is 31.1 Å². The fourth-order valence-electron chi connectivity index (χ4n) is 3.08. The van der Waals surface area contributed by atoms with Gasteiger partial charge in [-0.1, -0.05) is 25.0 Å². The summed E-state index contributed by atoms with van der Waals surface area (Å²) >= 11 is 0. The van der Waals surface area contributed by atoms with Gasteiger partial charge in [-0.05, 0) is 43.4 Å². The van der Waals surface area contributed by atoms with Gasteiger partial charge in [0.2, 0.25) is 11.8 Å². The van der Waals surface area contributed by atoms with Crippen LogP contribution in [0.25, 0.3) is 0 Å². The predicted octanol–water partition coefficient (Wildman–Crippen LogP) is 1.99. The second-order valence-electron chi connectivity index (χ2n) is 7.20. The Labute approximate surface area is 154 Å². The summed E-state index contributed by atoms with van der Waals surface area (Å²) in [5.74, 6) is -0.112. The van der Waals surface area contributed by atoms with Crippen molar-refractivity contribution in [1.82, 2.24) is 15.5 Å². The first-order valence-corrected chi connectivity index (χ1v) is 9.56. The van der Waals surface area contributed by atoms with Crippen molar-refractivity contribution in [2.75, 3.05) is 13.1 Å². The highest BCUT2D eigenvalue weighted by atomic mass is 16.2. The van der Waals surface area contributed by atoms with Crippen LogP contribution in [-0.4, -0.2) is 41.8 Å². The Morgan fingerprint density at radius 2 is 1.77 bits per heavy atom. The fourth-order valence-corrected chi connectivity index (χ4v) is 3.08. The molecule has 1 aromatic carbocycles. The maximum Gasteiger partial charge on any atom is 0.251 e. The van der Waals surface area contributed by atoms with E-state index in [-0.39, 0.29) is 24.3 Å². The largest absolute Gasteiger partial charge is 0.350 e. The van der Waals surface area contributed by atoms with E-state index in [2.05, 4.69) is 10.6 Å². The zero-order valence-corrected chi connectivity index (χ0v) is 15.1. The Hall–Kier alpha value is -2.37. The molecule has 0 atom stereocenters. The molecule has 3 rings (SSSR count). The lowest BCUT2D eigenvalue weighted by atomic mass is 10.1. The lowest BCUT2D eigenvalue weighted by molar-refractivity contribution is -0.136. The molecule has 0 radical (unpaired) electrons. The number of benzene rings is 1. The summed E-state index contributed by atoms with van der Waals surface area (Å²) < 4.78 is 0. The van der Waals surface area contributed by atoms with Crippen LogP contribution in [0, 0.1) is 0 Å². The molecular weight excluding hydrogens is 330 g/mol. The number of nitrogens with one attached hydrogen (secondary N) is 2. The smallest absolute Gasteiger partial charge is 0.251 e. The molecule has 1 heterocycles. The highest BCUT2D eigenvalue weighted by molar-refractivity contribution is 5.94. The van der Waals surface area contributed by atoms with E-state index in [9.17, 15) is 14.4 Å². The summed E-state index contributed by atoms with van der Waals surface area (Å²) in [6.07, 6.45) is 6.76. The second-order valence-corrected chi connectivity index (χ2v) is 7.20. The van der Waals surface area contributed by atoms with Gasteiger partial charge in [0.05, 0.1) is 6.54 Å². The zero-order chi connectivity index (χ0) is 18.4. The minimum absolute atomic E-state index is 0.0429. The minimum Gasteiger partial charge on any atom is -0.350 e. The molecule has 26 heavy (non-hydrogen) atoms. The summed E-state index contributed by atoms with van der Waals surface area (Å²) in [5, 5.41) is 5.81. The second kappa shape index (κ2) is 8.83. The minimum atomic E-state index is -0.144. The number of carbonyl (C=O) groups excluding carboxylic acids is 3. The van der Waals surface area contributed by atoms with Crippen LogP contribution in [0.5, 0.6) is 0 Å². The van der Waals surface area contributed by atoms with E-state index in [0.717, 1.165) is 44.1 Å². The Kier molecular flexibility index (Phi) is 6.26. The number of carbonyl (C=O) groups is 3. The van der Waals surface area contributed by atoms with Gasteiger partial charge in [0.25, 0.3) is 5.91 Å². The van der Waals surface area contributed by atoms with Crippen molar-refractivity contribution in [2.24, 2.45) is 0 Å². The molecule has 140 valence electrons. The van der Waals surface area contributed by atoms with E-state index in [1.54, 1.807) is 17.0 Å². The molecule has 3 amide bonds. The summed E-state index contributed by atoms with van der Waals surface area (Å²) in [5.41, 5.74) is 1.57. The topological polar surface area (TPSA) is 78.5 Å². The molecule has 1 aromatic rings. The van der Waals surface area contributed by atoms with Gasteiger partial charge in [-0.3, -0.25) is 14.4 Å². The number of amides is 3. The van der Waals surface area contributed by atoms with Crippen molar-refractivity contribution in [3.8, 4) is 0 Å². The molecule has 6 heteroatoms.